The minimum absolute atomic E-state index is 0.0230. The van der Waals surface area contributed by atoms with Gasteiger partial charge in [0, 0.05) is 43.2 Å². The number of aromatic amines is 1. The van der Waals surface area contributed by atoms with E-state index < -0.39 is 86.2 Å². The first-order valence-corrected chi connectivity index (χ1v) is 10.7. The molecular formula is C26H32F3N3O. The van der Waals surface area contributed by atoms with Crippen LogP contribution in [0.1, 0.15) is 68.3 Å². The van der Waals surface area contributed by atoms with Gasteiger partial charge in [-0.2, -0.15) is 0 Å². The molecule has 1 aliphatic carbocycles. The Morgan fingerprint density at radius 1 is 1.30 bits per heavy atom. The van der Waals surface area contributed by atoms with Crippen LogP contribution in [-0.2, 0) is 12.3 Å². The minimum atomic E-state index is -3.70. The van der Waals surface area contributed by atoms with Gasteiger partial charge in [-0.15, -0.1) is 0 Å². The largest absolute Gasteiger partial charge is 0.389 e. The van der Waals surface area contributed by atoms with Crippen molar-refractivity contribution < 1.29 is 30.6 Å². The summed E-state index contributed by atoms with van der Waals surface area (Å²) >= 11 is 0. The Labute approximate surface area is 205 Å². The lowest BCUT2D eigenvalue weighted by Gasteiger charge is -2.47. The monoisotopic (exact) mass is 468 g/mol. The number of rotatable bonds is 8. The molecule has 0 fully saturated rings. The molecule has 0 bridgehead atoms. The van der Waals surface area contributed by atoms with Crippen molar-refractivity contribution in [2.75, 3.05) is 20.0 Å². The molecule has 0 amide bonds. The molecule has 1 aromatic heterocycles. The van der Waals surface area contributed by atoms with E-state index >= 15 is 8.78 Å². The van der Waals surface area contributed by atoms with Crippen LogP contribution in [0.5, 0.6) is 0 Å². The molecule has 1 heterocycles. The van der Waals surface area contributed by atoms with Crippen molar-refractivity contribution >= 4 is 11.0 Å². The summed E-state index contributed by atoms with van der Waals surface area (Å²) in [6, 6.07) is 9.16. The first-order chi connectivity index (χ1) is 19.1. The zero-order valence-corrected chi connectivity index (χ0v) is 18.3. The van der Waals surface area contributed by atoms with Gasteiger partial charge in [0.15, 0.2) is 0 Å². The highest BCUT2D eigenvalue weighted by Crippen LogP contribution is 2.53. The van der Waals surface area contributed by atoms with Crippen LogP contribution in [0.3, 0.4) is 0 Å². The molecule has 2 N–H and O–H groups in total. The highest BCUT2D eigenvalue weighted by Gasteiger charge is 2.54. The average Bonchev–Trinajstić information content (AvgIpc) is 3.28. The van der Waals surface area contributed by atoms with Crippen molar-refractivity contribution in [1.82, 2.24) is 14.9 Å². The van der Waals surface area contributed by atoms with Crippen LogP contribution in [0, 0.1) is 11.7 Å². The van der Waals surface area contributed by atoms with Crippen LogP contribution in [-0.4, -0.2) is 45.6 Å². The third-order valence-electron chi connectivity index (χ3n) is 6.05. The maximum Gasteiger partial charge on any atom is 0.276 e. The summed E-state index contributed by atoms with van der Waals surface area (Å²) in [7, 11) is 0. The molecule has 33 heavy (non-hydrogen) atoms. The predicted octanol–water partition coefficient (Wildman–Crippen LogP) is 5.62. The van der Waals surface area contributed by atoms with Crippen molar-refractivity contribution in [3.05, 3.63) is 65.2 Å². The zero-order valence-electron chi connectivity index (χ0n) is 27.3. The highest BCUT2D eigenvalue weighted by molar-refractivity contribution is 5.74. The van der Waals surface area contributed by atoms with Gasteiger partial charge in [0.25, 0.3) is 5.92 Å². The molecule has 0 aliphatic heterocycles. The van der Waals surface area contributed by atoms with Gasteiger partial charge >= 0.3 is 0 Å². The van der Waals surface area contributed by atoms with Gasteiger partial charge in [0.05, 0.1) is 16.6 Å². The summed E-state index contributed by atoms with van der Waals surface area (Å²) in [4.78, 5) is 6.74. The molecule has 0 radical (unpaired) electrons. The molecule has 2 atom stereocenters. The summed E-state index contributed by atoms with van der Waals surface area (Å²) < 4.78 is 120. The number of aliphatic hydroxyl groups is 1. The van der Waals surface area contributed by atoms with Gasteiger partial charge in [0.1, 0.15) is 11.6 Å². The van der Waals surface area contributed by atoms with E-state index in [1.807, 2.05) is 0 Å². The summed E-state index contributed by atoms with van der Waals surface area (Å²) in [6.45, 7) is -4.59. The van der Waals surface area contributed by atoms with Crippen LogP contribution in [0.25, 0.3) is 11.0 Å². The number of alkyl halides is 2. The van der Waals surface area contributed by atoms with Crippen molar-refractivity contribution in [3.63, 3.8) is 0 Å². The molecule has 2 aromatic carbocycles. The molecular weight excluding hydrogens is 427 g/mol. The summed E-state index contributed by atoms with van der Waals surface area (Å²) in [6.07, 6.45) is -8.70. The van der Waals surface area contributed by atoms with E-state index in [1.165, 1.54) is 6.07 Å². The fourth-order valence-electron chi connectivity index (χ4n) is 4.75. The Morgan fingerprint density at radius 3 is 2.82 bits per heavy atom. The van der Waals surface area contributed by atoms with Gasteiger partial charge in [-0.25, -0.2) is 18.2 Å². The molecule has 0 saturated heterocycles. The Hall–Kier alpha value is -2.38. The second-order valence-electron chi connectivity index (χ2n) is 8.80. The van der Waals surface area contributed by atoms with E-state index in [1.54, 1.807) is 32.0 Å². The van der Waals surface area contributed by atoms with Gasteiger partial charge < -0.3 is 15.0 Å². The smallest absolute Gasteiger partial charge is 0.276 e. The molecule has 1 aliphatic rings. The van der Waals surface area contributed by atoms with Gasteiger partial charge in [-0.05, 0) is 62.0 Å². The topological polar surface area (TPSA) is 52.1 Å². The Morgan fingerprint density at radius 2 is 2.09 bits per heavy atom. The standard InChI is InChI=1S/C26H32F3N3O/c1-17(2)24-19-11-10-18(27)15-20(19)26(28,29)16-25(24,33)12-14-32(3)13-6-9-23-30-21-7-4-5-8-22(21)31-23/h4-5,7-8,10-11,15,17,24,33H,6,9,12-14,16H2,1-3H3,(H,30,31)/t24-,25+/m0/s1/i3D3,6D2,9D2,13D2. The van der Waals surface area contributed by atoms with Crippen molar-refractivity contribution in [3.8, 4) is 0 Å². The highest BCUT2D eigenvalue weighted by atomic mass is 19.3. The van der Waals surface area contributed by atoms with Crippen molar-refractivity contribution in [2.45, 2.75) is 56.9 Å². The molecule has 0 saturated carbocycles. The number of nitrogens with zero attached hydrogens (tertiary/aromatic N) is 2. The van der Waals surface area contributed by atoms with E-state index in [-0.39, 0.29) is 16.0 Å². The number of hydrogen-bond acceptors (Lipinski definition) is 3. The molecule has 4 nitrogen and oxygen atoms in total. The number of nitrogens with one attached hydrogen (secondary N) is 1. The van der Waals surface area contributed by atoms with E-state index in [0.29, 0.717) is 11.6 Å². The van der Waals surface area contributed by atoms with Crippen LogP contribution in [0.15, 0.2) is 42.5 Å². The van der Waals surface area contributed by atoms with Crippen LogP contribution in [0.2, 0.25) is 0 Å². The molecule has 178 valence electrons. The van der Waals surface area contributed by atoms with Crippen LogP contribution in [0.4, 0.5) is 13.2 Å². The Kier molecular flexibility index (Phi) is 4.08. The fourth-order valence-corrected chi connectivity index (χ4v) is 4.75. The average molecular weight is 469 g/mol. The first kappa shape index (κ1) is 14.8. The zero-order chi connectivity index (χ0) is 31.7. The molecule has 0 spiro atoms. The molecule has 3 aromatic rings. The predicted molar refractivity (Wildman–Crippen MR) is 124 cm³/mol. The number of fused-ring (bicyclic) bond motifs is 2. The Bertz CT molecular complexity index is 1430. The van der Waals surface area contributed by atoms with E-state index in [4.69, 9.17) is 12.3 Å². The number of hydrogen-bond donors (Lipinski definition) is 2. The summed E-state index contributed by atoms with van der Waals surface area (Å²) in [5.74, 6) is -6.66. The Balaban J connectivity index is 1.72. The number of aromatic nitrogens is 2. The SMILES string of the molecule is [2H]C([2H])([2H])N(CC[C@@]1(O)CC(F)(F)c2cc(F)ccc2[C@@H]1C(C)C)C([2H])([2H])C([2H])([2H])C([2H])([2H])c1nc2ccccc2[nH]1. The van der Waals surface area contributed by atoms with Crippen LogP contribution >= 0.6 is 0 Å². The molecule has 7 heteroatoms. The van der Waals surface area contributed by atoms with Crippen LogP contribution < -0.4 is 0 Å². The number of imidazole rings is 1. The van der Waals surface area contributed by atoms with Crippen molar-refractivity contribution in [1.29, 1.82) is 0 Å². The number of para-hydroxylation sites is 2. The number of benzene rings is 2. The normalized spacial score (nSPS) is 28.0. The second-order valence-corrected chi connectivity index (χ2v) is 8.80. The summed E-state index contributed by atoms with van der Waals surface area (Å²) in [5.41, 5.74) is -2.29. The van der Waals surface area contributed by atoms with Gasteiger partial charge in [0.2, 0.25) is 0 Å². The lowest BCUT2D eigenvalue weighted by molar-refractivity contribution is -0.131. The third kappa shape index (κ3) is 4.94. The number of halogens is 3. The van der Waals surface area contributed by atoms with E-state index in [9.17, 15) is 9.50 Å². The van der Waals surface area contributed by atoms with E-state index in [2.05, 4.69) is 9.97 Å². The van der Waals surface area contributed by atoms with Gasteiger partial charge in [-0.3, -0.25) is 0 Å². The van der Waals surface area contributed by atoms with Crippen molar-refractivity contribution in [2.24, 2.45) is 5.92 Å². The molecule has 0 unspecified atom stereocenters. The number of H-pyrrole nitrogens is 1. The third-order valence-corrected chi connectivity index (χ3v) is 6.05. The molecule has 4 rings (SSSR count). The summed E-state index contributed by atoms with van der Waals surface area (Å²) in [5, 5.41) is 11.7. The van der Waals surface area contributed by atoms with Gasteiger partial charge in [-0.1, -0.05) is 32.0 Å². The minimum Gasteiger partial charge on any atom is -0.389 e. The number of aryl methyl sites for hydroxylation is 1. The first-order valence-electron chi connectivity index (χ1n) is 15.2. The quantitative estimate of drug-likeness (QED) is 0.451. The second kappa shape index (κ2) is 9.11. The maximum absolute atomic E-state index is 15.3. The fraction of sp³-hybridized carbons (Fsp3) is 0.500. The lowest BCUT2D eigenvalue weighted by Crippen LogP contribution is -2.49. The van der Waals surface area contributed by atoms with E-state index in [0.717, 1.165) is 12.1 Å². The lowest BCUT2D eigenvalue weighted by atomic mass is 9.64. The maximum atomic E-state index is 15.3.